The first-order chi connectivity index (χ1) is 12.3. The van der Waals surface area contributed by atoms with Gasteiger partial charge in [0.25, 0.3) is 5.91 Å². The Kier molecular flexibility index (Phi) is 4.45. The number of nitrogens with one attached hydrogen (secondary N) is 1. The van der Waals surface area contributed by atoms with Crippen LogP contribution in [0.3, 0.4) is 0 Å². The van der Waals surface area contributed by atoms with Crippen molar-refractivity contribution in [3.63, 3.8) is 0 Å². The summed E-state index contributed by atoms with van der Waals surface area (Å²) in [5.41, 5.74) is 1.66. The number of nitrogens with zero attached hydrogens (tertiary/aromatic N) is 4. The lowest BCUT2D eigenvalue weighted by molar-refractivity contribution is -0.132. The van der Waals surface area contributed by atoms with Crippen molar-refractivity contribution in [2.75, 3.05) is 0 Å². The quantitative estimate of drug-likeness (QED) is 0.924. The normalized spacial score (nSPS) is 25.9. The number of hydrogen-bond donors (Lipinski definition) is 1. The molecule has 1 aliphatic carbocycles. The Balaban J connectivity index is 1.39. The van der Waals surface area contributed by atoms with E-state index < -0.39 is 6.10 Å². The number of carbonyl (C=O) groups excluding carboxylic acids is 1. The molecule has 0 bridgehead atoms. The summed E-state index contributed by atoms with van der Waals surface area (Å²) in [4.78, 5) is 22.1. The summed E-state index contributed by atoms with van der Waals surface area (Å²) in [6.07, 6.45) is 11.3. The van der Waals surface area contributed by atoms with Crippen molar-refractivity contribution in [3.8, 4) is 0 Å². The van der Waals surface area contributed by atoms with Crippen molar-refractivity contribution in [2.45, 2.75) is 50.3 Å². The van der Waals surface area contributed by atoms with Crippen LogP contribution in [0.4, 0.5) is 0 Å². The van der Waals surface area contributed by atoms with E-state index in [1.807, 2.05) is 29.1 Å². The van der Waals surface area contributed by atoms with Crippen LogP contribution < -0.4 is 5.32 Å². The van der Waals surface area contributed by atoms with Crippen molar-refractivity contribution >= 4 is 11.6 Å². The van der Waals surface area contributed by atoms with E-state index >= 15 is 0 Å². The number of hydrogen-bond acceptors (Lipinski definition) is 5. The number of aromatic nitrogens is 3. The van der Waals surface area contributed by atoms with Crippen LogP contribution >= 0.6 is 0 Å². The molecule has 0 aromatic carbocycles. The van der Waals surface area contributed by atoms with E-state index in [0.717, 1.165) is 37.0 Å². The third-order valence-corrected chi connectivity index (χ3v) is 4.88. The number of pyridine rings is 1. The van der Waals surface area contributed by atoms with E-state index in [1.165, 1.54) is 0 Å². The number of amides is 1. The zero-order valence-electron chi connectivity index (χ0n) is 13.9. The fourth-order valence-corrected chi connectivity index (χ4v) is 3.57. The van der Waals surface area contributed by atoms with E-state index in [-0.39, 0.29) is 18.0 Å². The van der Waals surface area contributed by atoms with E-state index in [9.17, 15) is 4.79 Å². The molecule has 3 atom stereocenters. The van der Waals surface area contributed by atoms with Crippen LogP contribution in [0, 0.1) is 0 Å². The topological polar surface area (TPSA) is 81.4 Å². The van der Waals surface area contributed by atoms with Crippen molar-refractivity contribution in [2.24, 2.45) is 5.16 Å². The Morgan fingerprint density at radius 2 is 2.16 bits per heavy atom. The van der Waals surface area contributed by atoms with Crippen molar-refractivity contribution in [3.05, 3.63) is 48.5 Å². The molecule has 7 nitrogen and oxygen atoms in total. The smallest absolute Gasteiger partial charge is 0.264 e. The number of carbonyl (C=O) groups is 1. The van der Waals surface area contributed by atoms with Crippen LogP contribution in [0.25, 0.3) is 0 Å². The lowest BCUT2D eigenvalue weighted by Crippen LogP contribution is -2.47. The molecule has 0 spiro atoms. The van der Waals surface area contributed by atoms with E-state index in [4.69, 9.17) is 4.84 Å². The van der Waals surface area contributed by atoms with Gasteiger partial charge in [-0.25, -0.2) is 0 Å². The molecule has 2 aliphatic rings. The minimum atomic E-state index is -0.574. The van der Waals surface area contributed by atoms with Gasteiger partial charge in [-0.3, -0.25) is 14.5 Å². The summed E-state index contributed by atoms with van der Waals surface area (Å²) in [7, 11) is 0. The second-order valence-electron chi connectivity index (χ2n) is 6.53. The van der Waals surface area contributed by atoms with Gasteiger partial charge in [-0.1, -0.05) is 18.0 Å². The van der Waals surface area contributed by atoms with Crippen LogP contribution in [-0.2, 0) is 9.63 Å². The highest BCUT2D eigenvalue weighted by molar-refractivity contribution is 6.03. The van der Waals surface area contributed by atoms with Gasteiger partial charge < -0.3 is 10.2 Å². The third kappa shape index (κ3) is 3.40. The molecule has 1 fully saturated rings. The summed E-state index contributed by atoms with van der Waals surface area (Å²) < 4.78 is 1.96. The second-order valence-corrected chi connectivity index (χ2v) is 6.53. The van der Waals surface area contributed by atoms with Crippen LogP contribution in [0.1, 0.15) is 43.7 Å². The molecule has 1 aliphatic heterocycles. The first-order valence-electron chi connectivity index (χ1n) is 8.74. The molecule has 1 amide bonds. The molecule has 0 radical (unpaired) electrons. The van der Waals surface area contributed by atoms with Gasteiger partial charge in [-0.15, -0.1) is 0 Å². The van der Waals surface area contributed by atoms with Gasteiger partial charge in [0.15, 0.2) is 0 Å². The highest BCUT2D eigenvalue weighted by Gasteiger charge is 2.34. The standard InChI is InChI=1S/C18H21N5O2/c24-18(17-11-15(22-25-17)13-5-3-8-19-12-13)21-14-6-1-2-7-16(14)23-10-4-9-20-23/h3-5,8-10,12,14,16-17H,1-2,6-7,11H2,(H,21,24). The summed E-state index contributed by atoms with van der Waals surface area (Å²) in [5.74, 6) is -0.105. The van der Waals surface area contributed by atoms with Crippen LogP contribution in [0.5, 0.6) is 0 Å². The Bertz CT molecular complexity index is 744. The van der Waals surface area contributed by atoms with Gasteiger partial charge in [-0.05, 0) is 31.0 Å². The third-order valence-electron chi connectivity index (χ3n) is 4.88. The summed E-state index contributed by atoms with van der Waals surface area (Å²) >= 11 is 0. The Morgan fingerprint density at radius 3 is 2.96 bits per heavy atom. The molecule has 2 aromatic rings. The van der Waals surface area contributed by atoms with Gasteiger partial charge in [0, 0.05) is 36.8 Å². The maximum Gasteiger partial charge on any atom is 0.264 e. The molecule has 3 unspecified atom stereocenters. The number of rotatable bonds is 4. The number of oxime groups is 1. The monoisotopic (exact) mass is 339 g/mol. The molecule has 1 N–H and O–H groups in total. The molecule has 0 saturated heterocycles. The van der Waals surface area contributed by atoms with E-state index in [2.05, 4.69) is 20.6 Å². The highest BCUT2D eigenvalue weighted by atomic mass is 16.6. The predicted octanol–water partition coefficient (Wildman–Crippen LogP) is 2.07. The van der Waals surface area contributed by atoms with Crippen LogP contribution in [0.15, 0.2) is 48.1 Å². The maximum atomic E-state index is 12.7. The predicted molar refractivity (Wildman–Crippen MR) is 91.9 cm³/mol. The Hall–Kier alpha value is -2.70. The molecule has 25 heavy (non-hydrogen) atoms. The van der Waals surface area contributed by atoms with Crippen molar-refractivity contribution in [1.29, 1.82) is 0 Å². The van der Waals surface area contributed by atoms with Gasteiger partial charge in [0.05, 0.1) is 17.8 Å². The van der Waals surface area contributed by atoms with Crippen molar-refractivity contribution < 1.29 is 9.63 Å². The molecular formula is C18H21N5O2. The zero-order chi connectivity index (χ0) is 17.1. The van der Waals surface area contributed by atoms with Crippen LogP contribution in [-0.4, -0.2) is 38.5 Å². The highest BCUT2D eigenvalue weighted by Crippen LogP contribution is 2.28. The minimum Gasteiger partial charge on any atom is -0.382 e. The molecular weight excluding hydrogens is 318 g/mol. The summed E-state index contributed by atoms with van der Waals surface area (Å²) in [6.45, 7) is 0. The Labute approximate surface area is 146 Å². The SMILES string of the molecule is O=C(NC1CCCCC1n1cccn1)C1CC(c2cccnc2)=NO1. The lowest BCUT2D eigenvalue weighted by atomic mass is 9.90. The van der Waals surface area contributed by atoms with Crippen molar-refractivity contribution in [1.82, 2.24) is 20.1 Å². The fraction of sp³-hybridized carbons (Fsp3) is 0.444. The van der Waals surface area contributed by atoms with Gasteiger partial charge in [-0.2, -0.15) is 5.10 Å². The van der Waals surface area contributed by atoms with Gasteiger partial charge in [0.2, 0.25) is 6.10 Å². The lowest BCUT2D eigenvalue weighted by Gasteiger charge is -2.32. The summed E-state index contributed by atoms with van der Waals surface area (Å²) in [5, 5.41) is 11.6. The maximum absolute atomic E-state index is 12.7. The molecule has 7 heteroatoms. The second kappa shape index (κ2) is 7.04. The van der Waals surface area contributed by atoms with E-state index in [0.29, 0.717) is 6.42 Å². The average molecular weight is 339 g/mol. The average Bonchev–Trinajstić information content (AvgIpc) is 3.35. The van der Waals surface area contributed by atoms with Gasteiger partial charge >= 0.3 is 0 Å². The Morgan fingerprint density at radius 1 is 1.24 bits per heavy atom. The van der Waals surface area contributed by atoms with Gasteiger partial charge in [0.1, 0.15) is 0 Å². The minimum absolute atomic E-state index is 0.0761. The fourth-order valence-electron chi connectivity index (χ4n) is 3.57. The zero-order valence-corrected chi connectivity index (χ0v) is 13.9. The molecule has 1 saturated carbocycles. The first-order valence-corrected chi connectivity index (χ1v) is 8.74. The van der Waals surface area contributed by atoms with Crippen LogP contribution in [0.2, 0.25) is 0 Å². The first kappa shape index (κ1) is 15.8. The molecule has 3 heterocycles. The molecule has 4 rings (SSSR count). The molecule has 2 aromatic heterocycles. The van der Waals surface area contributed by atoms with E-state index in [1.54, 1.807) is 18.6 Å². The largest absolute Gasteiger partial charge is 0.382 e. The molecule has 130 valence electrons. The summed E-state index contributed by atoms with van der Waals surface area (Å²) in [6, 6.07) is 5.97.